The summed E-state index contributed by atoms with van der Waals surface area (Å²) in [6.07, 6.45) is 2.71. The molecule has 2 aliphatic rings. The van der Waals surface area contributed by atoms with Crippen LogP contribution in [0.15, 0.2) is 66.4 Å². The molecule has 0 saturated carbocycles. The van der Waals surface area contributed by atoms with Crippen LogP contribution in [0.4, 0.5) is 0 Å². The number of ether oxygens (including phenoxy) is 2. The molecule has 0 spiro atoms. The zero-order valence-corrected chi connectivity index (χ0v) is 20.5. The predicted molar refractivity (Wildman–Crippen MR) is 136 cm³/mol. The summed E-state index contributed by atoms with van der Waals surface area (Å²) in [5, 5.41) is 0.741. The molecule has 5 heteroatoms. The van der Waals surface area contributed by atoms with Gasteiger partial charge in [0.1, 0.15) is 18.2 Å². The first-order valence-corrected chi connectivity index (χ1v) is 12.0. The highest BCUT2D eigenvalue weighted by Gasteiger charge is 2.33. The van der Waals surface area contributed by atoms with Crippen LogP contribution in [0.25, 0.3) is 6.08 Å². The lowest BCUT2D eigenvalue weighted by atomic mass is 9.86. The van der Waals surface area contributed by atoms with Gasteiger partial charge in [-0.25, -0.2) is 0 Å². The van der Waals surface area contributed by atoms with E-state index in [9.17, 15) is 4.79 Å². The van der Waals surface area contributed by atoms with Gasteiger partial charge in [-0.2, -0.15) is 0 Å². The number of hydrogen-bond acceptors (Lipinski definition) is 4. The predicted octanol–water partition coefficient (Wildman–Crippen LogP) is 6.65. The van der Waals surface area contributed by atoms with Crippen LogP contribution in [0.1, 0.15) is 53.4 Å². The van der Waals surface area contributed by atoms with Gasteiger partial charge in [0.05, 0.1) is 11.1 Å². The summed E-state index contributed by atoms with van der Waals surface area (Å²) in [4.78, 5) is 15.3. The van der Waals surface area contributed by atoms with Gasteiger partial charge in [-0.05, 0) is 58.9 Å². The van der Waals surface area contributed by atoms with Gasteiger partial charge in [0.25, 0.3) is 0 Å². The number of allylic oxidation sites excluding steroid dienone is 1. The lowest BCUT2D eigenvalue weighted by Gasteiger charge is -2.29. The minimum atomic E-state index is -0.0871. The molecule has 2 aliphatic heterocycles. The van der Waals surface area contributed by atoms with Gasteiger partial charge in [0.15, 0.2) is 5.76 Å². The van der Waals surface area contributed by atoms with E-state index >= 15 is 0 Å². The summed E-state index contributed by atoms with van der Waals surface area (Å²) < 4.78 is 12.1. The number of halogens is 1. The summed E-state index contributed by atoms with van der Waals surface area (Å²) in [6, 6.07) is 19.9. The standard InChI is InChI=1S/C29H28ClNO3/c1-29(2,3)21-8-4-20(5-9-21)16-26-27(32)23-12-13-25-24(28(23)34-26)17-31(18-33-25)15-14-19-6-10-22(30)11-7-19/h4-13,16H,14-15,17-18H2,1-3H3/b26-16-. The monoisotopic (exact) mass is 473 g/mol. The van der Waals surface area contributed by atoms with E-state index in [-0.39, 0.29) is 11.2 Å². The Labute approximate surface area is 205 Å². The van der Waals surface area contributed by atoms with Crippen LogP contribution in [-0.4, -0.2) is 24.0 Å². The molecule has 0 radical (unpaired) electrons. The van der Waals surface area contributed by atoms with E-state index in [0.717, 1.165) is 34.9 Å². The quantitative estimate of drug-likeness (QED) is 0.398. The molecule has 0 N–H and O–H groups in total. The molecule has 2 heterocycles. The second kappa shape index (κ2) is 8.94. The average Bonchev–Trinajstić information content (AvgIpc) is 3.14. The molecule has 0 aliphatic carbocycles. The van der Waals surface area contributed by atoms with E-state index in [1.54, 1.807) is 0 Å². The molecule has 4 nitrogen and oxygen atoms in total. The van der Waals surface area contributed by atoms with E-state index in [2.05, 4.69) is 37.8 Å². The Kier molecular flexibility index (Phi) is 5.97. The largest absolute Gasteiger partial charge is 0.478 e. The molecule has 34 heavy (non-hydrogen) atoms. The molecular formula is C29H28ClNO3. The van der Waals surface area contributed by atoms with Crippen molar-refractivity contribution < 1.29 is 14.3 Å². The van der Waals surface area contributed by atoms with Crippen LogP contribution in [-0.2, 0) is 18.4 Å². The zero-order valence-electron chi connectivity index (χ0n) is 19.7. The van der Waals surface area contributed by atoms with Crippen LogP contribution in [0.2, 0.25) is 5.02 Å². The van der Waals surface area contributed by atoms with E-state index in [1.807, 2.05) is 54.6 Å². The van der Waals surface area contributed by atoms with Crippen molar-refractivity contribution in [1.29, 1.82) is 0 Å². The van der Waals surface area contributed by atoms with Crippen molar-refractivity contribution in [3.63, 3.8) is 0 Å². The highest BCUT2D eigenvalue weighted by molar-refractivity contribution is 6.30. The van der Waals surface area contributed by atoms with Crippen molar-refractivity contribution in [3.05, 3.63) is 99.3 Å². The van der Waals surface area contributed by atoms with Crippen LogP contribution in [0.3, 0.4) is 0 Å². The molecule has 0 atom stereocenters. The van der Waals surface area contributed by atoms with Gasteiger partial charge < -0.3 is 9.47 Å². The third-order valence-corrected chi connectivity index (χ3v) is 6.64. The maximum Gasteiger partial charge on any atom is 0.231 e. The van der Waals surface area contributed by atoms with Gasteiger partial charge in [0, 0.05) is 18.1 Å². The highest BCUT2D eigenvalue weighted by Crippen LogP contribution is 2.42. The third kappa shape index (κ3) is 4.61. The number of ketones is 1. The van der Waals surface area contributed by atoms with Gasteiger partial charge in [-0.3, -0.25) is 9.69 Å². The first-order valence-electron chi connectivity index (χ1n) is 11.6. The van der Waals surface area contributed by atoms with Gasteiger partial charge >= 0.3 is 0 Å². The molecule has 0 amide bonds. The number of carbonyl (C=O) groups excluding carboxylic acids is 1. The van der Waals surface area contributed by atoms with Crippen LogP contribution >= 0.6 is 11.6 Å². The Bertz CT molecular complexity index is 1250. The number of nitrogens with zero attached hydrogens (tertiary/aromatic N) is 1. The maximum absolute atomic E-state index is 13.1. The molecule has 0 aromatic heterocycles. The SMILES string of the molecule is CC(C)(C)c1ccc(/C=C2\Oc3c(ccc4c3CN(CCc3ccc(Cl)cc3)CO4)C2=O)cc1. The second-order valence-electron chi connectivity index (χ2n) is 9.93. The Balaban J connectivity index is 1.33. The lowest BCUT2D eigenvalue weighted by Crippen LogP contribution is -2.33. The van der Waals surface area contributed by atoms with E-state index in [0.29, 0.717) is 30.3 Å². The van der Waals surface area contributed by atoms with E-state index in [4.69, 9.17) is 21.1 Å². The fourth-order valence-corrected chi connectivity index (χ4v) is 4.44. The van der Waals surface area contributed by atoms with Gasteiger partial charge in [-0.15, -0.1) is 0 Å². The molecule has 0 unspecified atom stereocenters. The summed E-state index contributed by atoms with van der Waals surface area (Å²) in [6.45, 7) is 8.57. The average molecular weight is 474 g/mol. The maximum atomic E-state index is 13.1. The minimum absolute atomic E-state index is 0.0834. The smallest absolute Gasteiger partial charge is 0.231 e. The van der Waals surface area contributed by atoms with Crippen molar-refractivity contribution in [2.45, 2.75) is 39.2 Å². The summed E-state index contributed by atoms with van der Waals surface area (Å²) in [5.41, 5.74) is 5.03. The van der Waals surface area contributed by atoms with Crippen molar-refractivity contribution >= 4 is 23.5 Å². The Morgan fingerprint density at radius 1 is 1.00 bits per heavy atom. The normalized spacial score (nSPS) is 16.7. The number of hydrogen-bond donors (Lipinski definition) is 0. The minimum Gasteiger partial charge on any atom is -0.478 e. The first-order chi connectivity index (χ1) is 16.3. The number of rotatable bonds is 4. The lowest BCUT2D eigenvalue weighted by molar-refractivity contribution is 0.0950. The van der Waals surface area contributed by atoms with Crippen molar-refractivity contribution in [2.24, 2.45) is 0 Å². The molecule has 0 saturated heterocycles. The van der Waals surface area contributed by atoms with E-state index < -0.39 is 0 Å². The topological polar surface area (TPSA) is 38.8 Å². The Morgan fingerprint density at radius 3 is 2.44 bits per heavy atom. The van der Waals surface area contributed by atoms with Crippen LogP contribution in [0, 0.1) is 0 Å². The summed E-state index contributed by atoms with van der Waals surface area (Å²) >= 11 is 5.99. The fraction of sp³-hybridized carbons (Fsp3) is 0.276. The third-order valence-electron chi connectivity index (χ3n) is 6.39. The Hall–Kier alpha value is -3.08. The molecule has 0 bridgehead atoms. The number of carbonyl (C=O) groups is 1. The zero-order chi connectivity index (χ0) is 23.9. The van der Waals surface area contributed by atoms with Crippen molar-refractivity contribution in [1.82, 2.24) is 4.90 Å². The van der Waals surface area contributed by atoms with Crippen molar-refractivity contribution in [3.8, 4) is 11.5 Å². The molecular weight excluding hydrogens is 446 g/mol. The van der Waals surface area contributed by atoms with Crippen molar-refractivity contribution in [2.75, 3.05) is 13.3 Å². The number of benzene rings is 3. The summed E-state index contributed by atoms with van der Waals surface area (Å²) in [7, 11) is 0. The Morgan fingerprint density at radius 2 is 1.74 bits per heavy atom. The van der Waals surface area contributed by atoms with Gasteiger partial charge in [-0.1, -0.05) is 68.8 Å². The summed E-state index contributed by atoms with van der Waals surface area (Å²) in [5.74, 6) is 1.67. The molecule has 5 rings (SSSR count). The van der Waals surface area contributed by atoms with Crippen LogP contribution < -0.4 is 9.47 Å². The van der Waals surface area contributed by atoms with Gasteiger partial charge in [0.2, 0.25) is 5.78 Å². The van der Waals surface area contributed by atoms with Crippen LogP contribution in [0.5, 0.6) is 11.5 Å². The highest BCUT2D eigenvalue weighted by atomic mass is 35.5. The molecule has 174 valence electrons. The first kappa shape index (κ1) is 22.7. The fourth-order valence-electron chi connectivity index (χ4n) is 4.32. The number of fused-ring (bicyclic) bond motifs is 3. The molecule has 3 aromatic carbocycles. The number of Topliss-reactive ketones (excluding diaryl/α,β-unsaturated/α-hetero) is 1. The molecule has 0 fully saturated rings. The van der Waals surface area contributed by atoms with E-state index in [1.165, 1.54) is 11.1 Å². The molecule has 3 aromatic rings. The second-order valence-corrected chi connectivity index (χ2v) is 10.4.